The number of carbonyl (C=O) groups excluding carboxylic acids is 2. The Kier molecular flexibility index (Phi) is 6.35. The van der Waals surface area contributed by atoms with E-state index in [2.05, 4.69) is 5.32 Å². The zero-order valence-electron chi connectivity index (χ0n) is 17.1. The summed E-state index contributed by atoms with van der Waals surface area (Å²) in [6.45, 7) is 0.478. The molecule has 0 atom stereocenters. The molecule has 0 aliphatic carbocycles. The number of imidazole rings is 1. The van der Waals surface area contributed by atoms with Crippen molar-refractivity contribution in [2.75, 3.05) is 0 Å². The third-order valence-electron chi connectivity index (χ3n) is 5.22. The van der Waals surface area contributed by atoms with Gasteiger partial charge in [-0.2, -0.15) is 0 Å². The first kappa shape index (κ1) is 23.3. The molecule has 1 aromatic heterocycles. The third-order valence-corrected chi connectivity index (χ3v) is 7.50. The van der Waals surface area contributed by atoms with Crippen molar-refractivity contribution in [3.05, 3.63) is 90.7 Å². The molecule has 1 N–H and O–H groups in total. The number of hydrogen-bond donors (Lipinski definition) is 1. The van der Waals surface area contributed by atoms with Crippen molar-refractivity contribution in [2.45, 2.75) is 6.54 Å². The van der Waals surface area contributed by atoms with Gasteiger partial charge in [0.05, 0.1) is 36.0 Å². The van der Waals surface area contributed by atoms with E-state index in [0.29, 0.717) is 42.9 Å². The number of halogens is 4. The van der Waals surface area contributed by atoms with Crippen molar-refractivity contribution < 1.29 is 9.59 Å². The van der Waals surface area contributed by atoms with Crippen molar-refractivity contribution in [1.29, 1.82) is 0 Å². The first-order valence-corrected chi connectivity index (χ1v) is 12.3. The number of rotatable bonds is 4. The van der Waals surface area contributed by atoms with Gasteiger partial charge in [-0.25, -0.2) is 4.98 Å². The Hall–Kier alpha value is -2.48. The Morgan fingerprint density at radius 2 is 1.59 bits per heavy atom. The Labute approximate surface area is 218 Å². The summed E-state index contributed by atoms with van der Waals surface area (Å²) in [5.41, 5.74) is 4.10. The average molecular weight is 549 g/mol. The second-order valence-electron chi connectivity index (χ2n) is 7.50. The van der Waals surface area contributed by atoms with E-state index in [0.717, 1.165) is 34.0 Å². The highest BCUT2D eigenvalue weighted by atomic mass is 35.5. The average Bonchev–Trinajstić information content (AvgIpc) is 3.30. The van der Waals surface area contributed by atoms with Gasteiger partial charge in [-0.15, -0.1) is 0 Å². The van der Waals surface area contributed by atoms with E-state index in [1.54, 1.807) is 24.3 Å². The molecule has 1 aliphatic heterocycles. The maximum Gasteiger partial charge on any atom is 0.290 e. The van der Waals surface area contributed by atoms with Crippen LogP contribution in [-0.4, -0.2) is 20.7 Å². The molecule has 2 heterocycles. The second-order valence-corrected chi connectivity index (χ2v) is 10.1. The molecule has 0 unspecified atom stereocenters. The lowest BCUT2D eigenvalue weighted by atomic mass is 10.1. The van der Waals surface area contributed by atoms with E-state index in [1.807, 2.05) is 41.0 Å². The summed E-state index contributed by atoms with van der Waals surface area (Å²) in [7, 11) is 0. The fourth-order valence-corrected chi connectivity index (χ4v) is 4.94. The van der Waals surface area contributed by atoms with Crippen molar-refractivity contribution >= 4 is 86.4 Å². The topological polar surface area (TPSA) is 64.0 Å². The predicted molar refractivity (Wildman–Crippen MR) is 140 cm³/mol. The number of carbonyl (C=O) groups is 2. The largest absolute Gasteiger partial charge is 0.319 e. The van der Waals surface area contributed by atoms with Gasteiger partial charge >= 0.3 is 0 Å². The van der Waals surface area contributed by atoms with Crippen LogP contribution in [0.15, 0.2) is 59.5 Å². The minimum atomic E-state index is -0.392. The van der Waals surface area contributed by atoms with Crippen LogP contribution in [0.25, 0.3) is 28.5 Å². The number of aromatic nitrogens is 2. The SMILES string of the molecule is O=C1NC(=O)/C(=C/c2ccc(-c3nc4cc(Cl)c(Cl)cc4n3Cc3ccc(Cl)c(Cl)c3)cc2)S1. The maximum absolute atomic E-state index is 11.8. The Bertz CT molecular complexity index is 1510. The molecule has 2 amide bonds. The summed E-state index contributed by atoms with van der Waals surface area (Å²) >= 11 is 25.7. The molecule has 4 aromatic rings. The van der Waals surface area contributed by atoms with Gasteiger partial charge in [-0.05, 0) is 53.2 Å². The lowest BCUT2D eigenvalue weighted by molar-refractivity contribution is -0.115. The summed E-state index contributed by atoms with van der Waals surface area (Å²) in [5, 5.41) is 3.68. The molecule has 5 nitrogen and oxygen atoms in total. The van der Waals surface area contributed by atoms with Crippen molar-refractivity contribution in [3.8, 4) is 11.4 Å². The van der Waals surface area contributed by atoms with Crippen LogP contribution in [0.4, 0.5) is 4.79 Å². The van der Waals surface area contributed by atoms with Gasteiger partial charge in [0.25, 0.3) is 11.1 Å². The highest BCUT2D eigenvalue weighted by Crippen LogP contribution is 2.33. The molecular weight excluding hydrogens is 536 g/mol. The number of thioether (sulfide) groups is 1. The minimum Gasteiger partial charge on any atom is -0.319 e. The number of amides is 2. The molecule has 1 fully saturated rings. The Balaban J connectivity index is 1.57. The zero-order valence-corrected chi connectivity index (χ0v) is 21.0. The van der Waals surface area contributed by atoms with Gasteiger partial charge in [0.2, 0.25) is 0 Å². The van der Waals surface area contributed by atoms with Gasteiger partial charge in [0.1, 0.15) is 5.82 Å². The van der Waals surface area contributed by atoms with E-state index in [9.17, 15) is 9.59 Å². The van der Waals surface area contributed by atoms with Gasteiger partial charge in [-0.1, -0.05) is 76.7 Å². The monoisotopic (exact) mass is 547 g/mol. The molecule has 1 saturated heterocycles. The number of benzene rings is 3. The predicted octanol–water partition coefficient (Wildman–Crippen LogP) is 7.69. The van der Waals surface area contributed by atoms with Crippen LogP contribution in [0.3, 0.4) is 0 Å². The van der Waals surface area contributed by atoms with E-state index in [-0.39, 0.29) is 5.24 Å². The Morgan fingerprint density at radius 3 is 2.26 bits per heavy atom. The van der Waals surface area contributed by atoms with Crippen LogP contribution < -0.4 is 5.32 Å². The van der Waals surface area contributed by atoms with Gasteiger partial charge in [-0.3, -0.25) is 14.9 Å². The second kappa shape index (κ2) is 9.29. The van der Waals surface area contributed by atoms with Crippen LogP contribution in [0.1, 0.15) is 11.1 Å². The van der Waals surface area contributed by atoms with Crippen LogP contribution in [0.2, 0.25) is 20.1 Å². The number of hydrogen-bond acceptors (Lipinski definition) is 4. The molecule has 0 spiro atoms. The fraction of sp³-hybridized carbons (Fsp3) is 0.0417. The van der Waals surface area contributed by atoms with Crippen molar-refractivity contribution in [2.24, 2.45) is 0 Å². The highest BCUT2D eigenvalue weighted by Gasteiger charge is 2.25. The minimum absolute atomic E-state index is 0.355. The normalized spacial score (nSPS) is 14.9. The first-order valence-electron chi connectivity index (χ1n) is 9.93. The zero-order chi connectivity index (χ0) is 24.0. The van der Waals surface area contributed by atoms with Crippen molar-refractivity contribution in [1.82, 2.24) is 14.9 Å². The number of fused-ring (bicyclic) bond motifs is 1. The van der Waals surface area contributed by atoms with E-state index < -0.39 is 5.91 Å². The molecule has 5 rings (SSSR count). The molecule has 10 heteroatoms. The third kappa shape index (κ3) is 4.57. The molecule has 3 aromatic carbocycles. The van der Waals surface area contributed by atoms with Crippen LogP contribution in [0.5, 0.6) is 0 Å². The first-order chi connectivity index (χ1) is 16.3. The van der Waals surface area contributed by atoms with E-state index in [4.69, 9.17) is 51.4 Å². The molecule has 34 heavy (non-hydrogen) atoms. The lowest BCUT2D eigenvalue weighted by Crippen LogP contribution is -2.17. The Morgan fingerprint density at radius 1 is 0.882 bits per heavy atom. The lowest BCUT2D eigenvalue weighted by Gasteiger charge is -2.11. The van der Waals surface area contributed by atoms with Gasteiger partial charge in [0, 0.05) is 12.1 Å². The molecular formula is C24H13Cl4N3O2S. The molecule has 1 aliphatic rings. The van der Waals surface area contributed by atoms with Gasteiger partial charge in [0.15, 0.2) is 0 Å². The number of nitrogens with one attached hydrogen (secondary N) is 1. The van der Waals surface area contributed by atoms with E-state index in [1.165, 1.54) is 0 Å². The van der Waals surface area contributed by atoms with Crippen LogP contribution in [-0.2, 0) is 11.3 Å². The molecule has 0 radical (unpaired) electrons. The standard InChI is InChI=1S/C24H13Cl4N3O2S/c25-15-6-3-13(7-16(15)26)11-31-20-10-18(28)17(27)9-19(20)29-22(31)14-4-1-12(2-5-14)8-21-23(32)30-24(33)34-21/h1-10H,11H2,(H,30,32,33)/b21-8-. The van der Waals surface area contributed by atoms with Crippen molar-refractivity contribution in [3.63, 3.8) is 0 Å². The summed E-state index contributed by atoms with van der Waals surface area (Å²) < 4.78 is 2.03. The summed E-state index contributed by atoms with van der Waals surface area (Å²) in [6.07, 6.45) is 1.67. The summed E-state index contributed by atoms with van der Waals surface area (Å²) in [5.74, 6) is 0.318. The maximum atomic E-state index is 11.8. The van der Waals surface area contributed by atoms with Crippen LogP contribution in [0, 0.1) is 0 Å². The highest BCUT2D eigenvalue weighted by molar-refractivity contribution is 8.18. The summed E-state index contributed by atoms with van der Waals surface area (Å²) in [4.78, 5) is 28.4. The molecule has 0 bridgehead atoms. The number of imide groups is 1. The number of nitrogens with zero attached hydrogens (tertiary/aromatic N) is 2. The fourth-order valence-electron chi connectivity index (χ4n) is 3.62. The molecule has 170 valence electrons. The van der Waals surface area contributed by atoms with E-state index >= 15 is 0 Å². The quantitative estimate of drug-likeness (QED) is 0.265. The smallest absolute Gasteiger partial charge is 0.290 e. The van der Waals surface area contributed by atoms with Crippen LogP contribution >= 0.6 is 58.2 Å². The summed E-state index contributed by atoms with van der Waals surface area (Å²) in [6, 6.07) is 16.5. The molecule has 0 saturated carbocycles. The van der Waals surface area contributed by atoms with Gasteiger partial charge < -0.3 is 4.57 Å².